The number of rotatable bonds is 4. The van der Waals surface area contributed by atoms with Gasteiger partial charge >= 0.3 is 0 Å². The standard InChI is InChI=1S/C17H24N2O2.ClH/c20-15-11-13-3-1-2-4-14(13)17(15)19-16(21)6-5-12-7-9-18-10-8-12;/h1-4,12,15,17-18,20H,5-11H2,(H,19,21);1H/t15-,17+;/m1./s1. The highest BCUT2D eigenvalue weighted by molar-refractivity contribution is 5.85. The summed E-state index contributed by atoms with van der Waals surface area (Å²) in [4.78, 5) is 12.2. The van der Waals surface area contributed by atoms with Crippen molar-refractivity contribution < 1.29 is 9.90 Å². The molecule has 1 aromatic carbocycles. The Balaban J connectivity index is 0.00000176. The number of fused-ring (bicyclic) bond motifs is 1. The number of aliphatic hydroxyl groups is 1. The molecular formula is C17H25ClN2O2. The van der Waals surface area contributed by atoms with Crippen molar-refractivity contribution in [3.05, 3.63) is 35.4 Å². The van der Waals surface area contributed by atoms with Crippen LogP contribution in [-0.2, 0) is 11.2 Å². The lowest BCUT2D eigenvalue weighted by Crippen LogP contribution is -2.34. The third-order valence-electron chi connectivity index (χ3n) is 4.76. The minimum atomic E-state index is -0.495. The van der Waals surface area contributed by atoms with E-state index in [0.717, 1.165) is 30.6 Å². The lowest BCUT2D eigenvalue weighted by Gasteiger charge is -2.23. The van der Waals surface area contributed by atoms with E-state index in [1.807, 2.05) is 24.3 Å². The number of piperidine rings is 1. The summed E-state index contributed by atoms with van der Waals surface area (Å²) in [7, 11) is 0. The van der Waals surface area contributed by atoms with Crippen LogP contribution in [0.25, 0.3) is 0 Å². The second-order valence-electron chi connectivity index (χ2n) is 6.25. The fourth-order valence-corrected chi connectivity index (χ4v) is 3.50. The molecule has 1 aliphatic heterocycles. The van der Waals surface area contributed by atoms with Crippen LogP contribution >= 0.6 is 12.4 Å². The molecule has 1 amide bonds. The quantitative estimate of drug-likeness (QED) is 0.793. The Kier molecular flexibility index (Phi) is 6.24. The molecule has 22 heavy (non-hydrogen) atoms. The first kappa shape index (κ1) is 17.3. The summed E-state index contributed by atoms with van der Waals surface area (Å²) in [6, 6.07) is 7.74. The van der Waals surface area contributed by atoms with Crippen molar-refractivity contribution in [2.45, 2.75) is 44.2 Å². The molecule has 0 bridgehead atoms. The van der Waals surface area contributed by atoms with Crippen molar-refractivity contribution in [1.29, 1.82) is 0 Å². The molecule has 1 fully saturated rings. The summed E-state index contributed by atoms with van der Waals surface area (Å²) in [6.07, 6.45) is 4.00. The normalized spacial score (nSPS) is 24.4. The van der Waals surface area contributed by atoms with Crippen LogP contribution in [0.3, 0.4) is 0 Å². The van der Waals surface area contributed by atoms with Gasteiger partial charge in [0.25, 0.3) is 0 Å². The first-order valence-electron chi connectivity index (χ1n) is 8.00. The van der Waals surface area contributed by atoms with Crippen LogP contribution in [0, 0.1) is 5.92 Å². The van der Waals surface area contributed by atoms with E-state index in [4.69, 9.17) is 0 Å². The number of amides is 1. The Labute approximate surface area is 138 Å². The molecule has 1 saturated heterocycles. The number of carbonyl (C=O) groups is 1. The van der Waals surface area contributed by atoms with Gasteiger partial charge in [0, 0.05) is 12.8 Å². The molecule has 4 nitrogen and oxygen atoms in total. The van der Waals surface area contributed by atoms with Crippen LogP contribution in [0.1, 0.15) is 42.9 Å². The second kappa shape index (κ2) is 7.95. The predicted molar refractivity (Wildman–Crippen MR) is 89.1 cm³/mol. The van der Waals surface area contributed by atoms with Crippen molar-refractivity contribution in [2.75, 3.05) is 13.1 Å². The molecule has 122 valence electrons. The Morgan fingerprint density at radius 3 is 2.77 bits per heavy atom. The topological polar surface area (TPSA) is 61.4 Å². The van der Waals surface area contributed by atoms with Crippen LogP contribution < -0.4 is 10.6 Å². The first-order valence-corrected chi connectivity index (χ1v) is 8.00. The van der Waals surface area contributed by atoms with Gasteiger partial charge in [0.1, 0.15) is 0 Å². The Bertz CT molecular complexity index is 503. The van der Waals surface area contributed by atoms with Crippen LogP contribution in [-0.4, -0.2) is 30.2 Å². The molecule has 0 saturated carbocycles. The van der Waals surface area contributed by atoms with Gasteiger partial charge in [-0.15, -0.1) is 12.4 Å². The van der Waals surface area contributed by atoms with E-state index in [1.165, 1.54) is 12.8 Å². The molecule has 0 radical (unpaired) electrons. The zero-order chi connectivity index (χ0) is 14.7. The molecule has 0 aromatic heterocycles. The molecule has 3 rings (SSSR count). The number of carbonyl (C=O) groups excluding carboxylic acids is 1. The maximum atomic E-state index is 12.2. The number of halogens is 1. The van der Waals surface area contributed by atoms with E-state index >= 15 is 0 Å². The summed E-state index contributed by atoms with van der Waals surface area (Å²) in [5.41, 5.74) is 2.22. The van der Waals surface area contributed by atoms with E-state index in [9.17, 15) is 9.90 Å². The highest BCUT2D eigenvalue weighted by Crippen LogP contribution is 2.31. The van der Waals surface area contributed by atoms with Crippen molar-refractivity contribution in [1.82, 2.24) is 10.6 Å². The Hall–Kier alpha value is -1.10. The first-order chi connectivity index (χ1) is 10.2. The molecule has 2 atom stereocenters. The van der Waals surface area contributed by atoms with Crippen molar-refractivity contribution in [3.63, 3.8) is 0 Å². The second-order valence-corrected chi connectivity index (χ2v) is 6.25. The third kappa shape index (κ3) is 4.00. The fourth-order valence-electron chi connectivity index (χ4n) is 3.50. The zero-order valence-electron chi connectivity index (χ0n) is 12.8. The maximum Gasteiger partial charge on any atom is 0.220 e. The lowest BCUT2D eigenvalue weighted by atomic mass is 9.93. The number of aliphatic hydroxyl groups excluding tert-OH is 1. The van der Waals surface area contributed by atoms with Crippen molar-refractivity contribution in [3.8, 4) is 0 Å². The molecule has 1 aliphatic carbocycles. The molecule has 3 N–H and O–H groups in total. The SMILES string of the molecule is Cl.O=C(CCC1CCNCC1)N[C@H]1c2ccccc2C[C@H]1O. The average molecular weight is 325 g/mol. The summed E-state index contributed by atoms with van der Waals surface area (Å²) < 4.78 is 0. The van der Waals surface area contributed by atoms with Gasteiger partial charge in [-0.2, -0.15) is 0 Å². The lowest BCUT2D eigenvalue weighted by molar-refractivity contribution is -0.123. The van der Waals surface area contributed by atoms with Crippen LogP contribution in [0.15, 0.2) is 24.3 Å². The third-order valence-corrected chi connectivity index (χ3v) is 4.76. The number of benzene rings is 1. The molecule has 0 spiro atoms. The molecule has 1 heterocycles. The van der Waals surface area contributed by atoms with Gasteiger partial charge in [-0.25, -0.2) is 0 Å². The maximum absolute atomic E-state index is 12.2. The highest BCUT2D eigenvalue weighted by Gasteiger charge is 2.31. The van der Waals surface area contributed by atoms with Gasteiger partial charge in [-0.3, -0.25) is 4.79 Å². The van der Waals surface area contributed by atoms with Gasteiger partial charge in [-0.05, 0) is 49.4 Å². The van der Waals surface area contributed by atoms with Gasteiger partial charge in [0.15, 0.2) is 0 Å². The largest absolute Gasteiger partial charge is 0.390 e. The van der Waals surface area contributed by atoms with E-state index in [0.29, 0.717) is 18.8 Å². The predicted octanol–water partition coefficient (Wildman–Crippen LogP) is 1.96. The van der Waals surface area contributed by atoms with E-state index < -0.39 is 6.10 Å². The summed E-state index contributed by atoms with van der Waals surface area (Å²) in [5.74, 6) is 0.729. The van der Waals surface area contributed by atoms with Crippen molar-refractivity contribution in [2.24, 2.45) is 5.92 Å². The van der Waals surface area contributed by atoms with E-state index in [-0.39, 0.29) is 24.4 Å². The minimum Gasteiger partial charge on any atom is -0.390 e. The molecular weight excluding hydrogens is 300 g/mol. The molecule has 2 aliphatic rings. The van der Waals surface area contributed by atoms with Crippen molar-refractivity contribution >= 4 is 18.3 Å². The minimum absolute atomic E-state index is 0. The summed E-state index contributed by atoms with van der Waals surface area (Å²) in [6.45, 7) is 2.14. The van der Waals surface area contributed by atoms with E-state index in [2.05, 4.69) is 10.6 Å². The molecule has 1 aromatic rings. The van der Waals surface area contributed by atoms with Gasteiger partial charge in [0.05, 0.1) is 12.1 Å². The van der Waals surface area contributed by atoms with Crippen LogP contribution in [0.4, 0.5) is 0 Å². The molecule has 5 heteroatoms. The van der Waals surface area contributed by atoms with Crippen LogP contribution in [0.5, 0.6) is 0 Å². The van der Waals surface area contributed by atoms with Gasteiger partial charge in [-0.1, -0.05) is 24.3 Å². The van der Waals surface area contributed by atoms with Crippen LogP contribution in [0.2, 0.25) is 0 Å². The zero-order valence-corrected chi connectivity index (χ0v) is 13.6. The number of hydrogen-bond acceptors (Lipinski definition) is 3. The monoisotopic (exact) mass is 324 g/mol. The highest BCUT2D eigenvalue weighted by atomic mass is 35.5. The summed E-state index contributed by atoms with van der Waals surface area (Å²) in [5, 5.41) is 16.5. The fraction of sp³-hybridized carbons (Fsp3) is 0.588. The smallest absolute Gasteiger partial charge is 0.220 e. The van der Waals surface area contributed by atoms with Gasteiger partial charge in [0.2, 0.25) is 5.91 Å². The average Bonchev–Trinajstić information content (AvgIpc) is 2.82. The van der Waals surface area contributed by atoms with E-state index in [1.54, 1.807) is 0 Å². The Morgan fingerprint density at radius 1 is 1.27 bits per heavy atom. The summed E-state index contributed by atoms with van der Waals surface area (Å²) >= 11 is 0. The molecule has 0 unspecified atom stereocenters. The number of nitrogens with one attached hydrogen (secondary N) is 2. The number of hydrogen-bond donors (Lipinski definition) is 3. The Morgan fingerprint density at radius 2 is 2.00 bits per heavy atom. The van der Waals surface area contributed by atoms with Gasteiger partial charge < -0.3 is 15.7 Å².